The summed E-state index contributed by atoms with van der Waals surface area (Å²) in [7, 11) is -0.581. The summed E-state index contributed by atoms with van der Waals surface area (Å²) in [5.41, 5.74) is 2.56. The molecule has 0 saturated heterocycles. The van der Waals surface area contributed by atoms with E-state index in [9.17, 15) is 0 Å². The molecule has 66 valence electrons. The first-order chi connectivity index (χ1) is 5.77. The van der Waals surface area contributed by atoms with E-state index in [4.69, 9.17) is 11.1 Å². The lowest BCUT2D eigenvalue weighted by Gasteiger charge is -2.19. The average molecular weight is 200 g/mol. The maximum Gasteiger partial charge on any atom is 0.224 e. The van der Waals surface area contributed by atoms with E-state index < -0.39 is 8.99 Å². The van der Waals surface area contributed by atoms with Crippen LogP contribution in [0.3, 0.4) is 0 Å². The van der Waals surface area contributed by atoms with Gasteiger partial charge in [0.2, 0.25) is 8.99 Å². The highest BCUT2D eigenvalue weighted by atomic mass is 35.6. The Labute approximate surface area is 80.9 Å². The van der Waals surface area contributed by atoms with Crippen LogP contribution >= 0.6 is 11.1 Å². The predicted molar refractivity (Wildman–Crippen MR) is 58.6 cm³/mol. The largest absolute Gasteiger partial charge is 0.390 e. The summed E-state index contributed by atoms with van der Waals surface area (Å²) in [5, 5.41) is 0. The summed E-state index contributed by atoms with van der Waals surface area (Å²) >= 11 is 5.92. The third-order valence-corrected chi connectivity index (χ3v) is 3.86. The van der Waals surface area contributed by atoms with E-state index in [1.165, 1.54) is 11.3 Å². The summed E-state index contributed by atoms with van der Waals surface area (Å²) in [6.45, 7) is 5.25. The van der Waals surface area contributed by atoms with Gasteiger partial charge in [0.1, 0.15) is 0 Å². The molecule has 3 heteroatoms. The van der Waals surface area contributed by atoms with Gasteiger partial charge in [-0.05, 0) is 31.5 Å². The second-order valence-electron chi connectivity index (χ2n) is 2.81. The molecule has 0 aliphatic carbocycles. The third kappa shape index (κ3) is 2.25. The predicted octanol–water partition coefficient (Wildman–Crippen LogP) is 2.06. The van der Waals surface area contributed by atoms with Crippen LogP contribution in [0.25, 0.3) is 0 Å². The Bertz CT molecular complexity index is 248. The van der Waals surface area contributed by atoms with Crippen molar-refractivity contribution in [3.8, 4) is 0 Å². The minimum absolute atomic E-state index is 0.581. The van der Waals surface area contributed by atoms with Crippen LogP contribution in [-0.4, -0.2) is 15.5 Å². The van der Waals surface area contributed by atoms with Gasteiger partial charge in [-0.15, -0.1) is 11.1 Å². The zero-order chi connectivity index (χ0) is 8.97. The van der Waals surface area contributed by atoms with E-state index in [0.29, 0.717) is 0 Å². The normalized spacial score (nSPS) is 10.9. The van der Waals surface area contributed by atoms with Crippen LogP contribution in [0.15, 0.2) is 24.3 Å². The number of aryl methyl sites for hydroxylation is 1. The minimum atomic E-state index is -0.581. The molecule has 0 fully saturated rings. The number of anilines is 1. The number of rotatable bonds is 3. The van der Waals surface area contributed by atoms with Gasteiger partial charge in [-0.2, -0.15) is 0 Å². The highest BCUT2D eigenvalue weighted by Crippen LogP contribution is 2.14. The Balaban J connectivity index is 2.85. The van der Waals surface area contributed by atoms with Crippen molar-refractivity contribution in [2.45, 2.75) is 13.8 Å². The summed E-state index contributed by atoms with van der Waals surface area (Å²) in [5.74, 6) is 0. The van der Waals surface area contributed by atoms with Crippen LogP contribution in [0.5, 0.6) is 0 Å². The zero-order valence-corrected chi connectivity index (χ0v) is 9.72. The van der Waals surface area contributed by atoms with Crippen molar-refractivity contribution in [3.05, 3.63) is 29.8 Å². The Morgan fingerprint density at radius 2 is 2.25 bits per heavy atom. The number of nitrogens with zero attached hydrogens (tertiary/aromatic N) is 1. The van der Waals surface area contributed by atoms with Crippen LogP contribution in [0.4, 0.5) is 5.69 Å². The molecule has 0 amide bonds. The second kappa shape index (κ2) is 4.53. The highest BCUT2D eigenvalue weighted by molar-refractivity contribution is 6.95. The molecular weight excluding hydrogens is 186 g/mol. The smallest absolute Gasteiger partial charge is 0.224 e. The lowest BCUT2D eigenvalue weighted by Crippen LogP contribution is -2.23. The van der Waals surface area contributed by atoms with Gasteiger partial charge >= 0.3 is 0 Å². The molecule has 1 nitrogen and oxygen atoms in total. The van der Waals surface area contributed by atoms with Crippen molar-refractivity contribution in [1.82, 2.24) is 0 Å². The van der Waals surface area contributed by atoms with Gasteiger partial charge in [0.05, 0.1) is 0 Å². The molecule has 0 aromatic heterocycles. The zero-order valence-electron chi connectivity index (χ0n) is 7.55. The van der Waals surface area contributed by atoms with E-state index in [-0.39, 0.29) is 0 Å². The van der Waals surface area contributed by atoms with Crippen LogP contribution in [0.2, 0.25) is 0 Å². The number of hydrogen-bond donors (Lipinski definition) is 0. The van der Waals surface area contributed by atoms with Gasteiger partial charge in [-0.1, -0.05) is 12.1 Å². The Hall–Kier alpha value is -0.473. The maximum absolute atomic E-state index is 5.92. The topological polar surface area (TPSA) is 3.24 Å². The van der Waals surface area contributed by atoms with Gasteiger partial charge in [-0.25, -0.2) is 0 Å². The van der Waals surface area contributed by atoms with Crippen LogP contribution in [0, 0.1) is 6.92 Å². The quantitative estimate of drug-likeness (QED) is 0.532. The van der Waals surface area contributed by atoms with Crippen molar-refractivity contribution < 1.29 is 0 Å². The SMILES string of the molecule is CCN([SiH2]Cl)c1cccc(C)c1. The third-order valence-electron chi connectivity index (χ3n) is 1.89. The maximum atomic E-state index is 5.92. The van der Waals surface area contributed by atoms with Crippen molar-refractivity contribution in [3.63, 3.8) is 0 Å². The standard InChI is InChI=1S/C9H14ClNSi/c1-3-11(12-10)9-6-4-5-8(2)7-9/h4-7H,3,12H2,1-2H3. The number of hydrogen-bond acceptors (Lipinski definition) is 1. The molecule has 0 unspecified atom stereocenters. The van der Waals surface area contributed by atoms with E-state index >= 15 is 0 Å². The first-order valence-electron chi connectivity index (χ1n) is 4.15. The Kier molecular flexibility index (Phi) is 3.63. The highest BCUT2D eigenvalue weighted by Gasteiger charge is 2.01. The monoisotopic (exact) mass is 199 g/mol. The summed E-state index contributed by atoms with van der Waals surface area (Å²) in [6.07, 6.45) is 0. The molecule has 0 radical (unpaired) electrons. The van der Waals surface area contributed by atoms with E-state index in [1.54, 1.807) is 0 Å². The summed E-state index contributed by atoms with van der Waals surface area (Å²) in [6, 6.07) is 8.48. The van der Waals surface area contributed by atoms with Crippen molar-refractivity contribution in [2.75, 3.05) is 11.1 Å². The minimum Gasteiger partial charge on any atom is -0.390 e. The van der Waals surface area contributed by atoms with E-state index in [0.717, 1.165) is 6.54 Å². The fourth-order valence-corrected chi connectivity index (χ4v) is 2.59. The molecule has 12 heavy (non-hydrogen) atoms. The van der Waals surface area contributed by atoms with Crippen LogP contribution in [0.1, 0.15) is 12.5 Å². The molecule has 1 rings (SSSR count). The Morgan fingerprint density at radius 1 is 1.50 bits per heavy atom. The second-order valence-corrected chi connectivity index (χ2v) is 4.53. The van der Waals surface area contributed by atoms with Crippen LogP contribution in [-0.2, 0) is 0 Å². The fourth-order valence-electron chi connectivity index (χ4n) is 1.16. The summed E-state index contributed by atoms with van der Waals surface area (Å²) in [4.78, 5) is 0. The molecule has 0 spiro atoms. The molecule has 0 atom stereocenters. The van der Waals surface area contributed by atoms with E-state index in [2.05, 4.69) is 42.7 Å². The molecule has 0 aliphatic rings. The van der Waals surface area contributed by atoms with Crippen LogP contribution < -0.4 is 4.57 Å². The average Bonchev–Trinajstić information content (AvgIpc) is 2.07. The van der Waals surface area contributed by atoms with Crippen molar-refractivity contribution in [1.29, 1.82) is 0 Å². The van der Waals surface area contributed by atoms with Gasteiger partial charge < -0.3 is 4.57 Å². The Morgan fingerprint density at radius 3 is 2.75 bits per heavy atom. The molecule has 1 aromatic rings. The molecule has 0 heterocycles. The molecule has 1 aromatic carbocycles. The van der Waals surface area contributed by atoms with Gasteiger partial charge in [-0.3, -0.25) is 0 Å². The van der Waals surface area contributed by atoms with Crippen molar-refractivity contribution in [2.24, 2.45) is 0 Å². The van der Waals surface area contributed by atoms with E-state index in [1.807, 2.05) is 0 Å². The first-order valence-corrected chi connectivity index (χ1v) is 6.92. The fraction of sp³-hybridized carbons (Fsp3) is 0.333. The lowest BCUT2D eigenvalue weighted by atomic mass is 10.2. The first kappa shape index (κ1) is 9.61. The van der Waals surface area contributed by atoms with Gasteiger partial charge in [0, 0.05) is 12.2 Å². The molecule has 0 N–H and O–H groups in total. The molecule has 0 saturated carbocycles. The lowest BCUT2D eigenvalue weighted by molar-refractivity contribution is 1.09. The molecular formula is C9H14ClNSi. The van der Waals surface area contributed by atoms with Crippen molar-refractivity contribution >= 4 is 25.8 Å². The van der Waals surface area contributed by atoms with Gasteiger partial charge in [0.15, 0.2) is 0 Å². The van der Waals surface area contributed by atoms with Gasteiger partial charge in [0.25, 0.3) is 0 Å². The number of halogens is 1. The number of benzene rings is 1. The summed E-state index contributed by atoms with van der Waals surface area (Å²) < 4.78 is 2.26. The molecule has 0 aliphatic heterocycles. The molecule has 0 bridgehead atoms.